The molecule has 1 aromatic carbocycles. The molecule has 3 nitrogen and oxygen atoms in total. The fourth-order valence-corrected chi connectivity index (χ4v) is 1.77. The zero-order chi connectivity index (χ0) is 12.3. The second-order valence-corrected chi connectivity index (χ2v) is 3.92. The normalized spacial score (nSPS) is 22.9. The second-order valence-electron chi connectivity index (χ2n) is 3.92. The van der Waals surface area contributed by atoms with Gasteiger partial charge in [-0.15, -0.1) is 0 Å². The smallest absolute Gasteiger partial charge is 0.330 e. The van der Waals surface area contributed by atoms with Gasteiger partial charge in [-0.3, -0.25) is 0 Å². The van der Waals surface area contributed by atoms with Crippen molar-refractivity contribution in [1.29, 1.82) is 0 Å². The number of cyclic esters (lactones) is 1. The standard InChI is InChI=1S/C13H13FO3/c14-12(9-5-2-1-3-6-9)13(16)10-7-4-8-11(15)17-10/h1-6,8,10,12-13,16H,7H2/t10-,12-,13-/m1/s1. The molecule has 0 unspecified atom stereocenters. The number of halogens is 1. The van der Waals surface area contributed by atoms with Crippen LogP contribution in [0, 0.1) is 0 Å². The molecule has 1 aliphatic rings. The summed E-state index contributed by atoms with van der Waals surface area (Å²) >= 11 is 0. The highest BCUT2D eigenvalue weighted by Gasteiger charge is 2.32. The van der Waals surface area contributed by atoms with Crippen molar-refractivity contribution in [2.45, 2.75) is 24.8 Å². The SMILES string of the molecule is O=C1C=CC[C@H]([C@@H](O)[C@H](F)c2ccccc2)O1. The molecule has 90 valence electrons. The zero-order valence-electron chi connectivity index (χ0n) is 9.12. The van der Waals surface area contributed by atoms with Gasteiger partial charge in [0.25, 0.3) is 0 Å². The van der Waals surface area contributed by atoms with Gasteiger partial charge in [-0.25, -0.2) is 9.18 Å². The number of carbonyl (C=O) groups is 1. The first-order valence-electron chi connectivity index (χ1n) is 5.42. The third-order valence-corrected chi connectivity index (χ3v) is 2.69. The summed E-state index contributed by atoms with van der Waals surface area (Å²) in [6.45, 7) is 0. The van der Waals surface area contributed by atoms with E-state index in [9.17, 15) is 14.3 Å². The van der Waals surface area contributed by atoms with E-state index in [4.69, 9.17) is 4.74 Å². The van der Waals surface area contributed by atoms with Gasteiger partial charge < -0.3 is 9.84 Å². The first-order chi connectivity index (χ1) is 8.18. The maximum atomic E-state index is 14.0. The number of carbonyl (C=O) groups excluding carboxylic acids is 1. The van der Waals surface area contributed by atoms with Crippen LogP contribution in [-0.4, -0.2) is 23.3 Å². The Kier molecular flexibility index (Phi) is 3.54. The molecule has 1 aliphatic heterocycles. The van der Waals surface area contributed by atoms with Crippen LogP contribution in [0.4, 0.5) is 4.39 Å². The van der Waals surface area contributed by atoms with Crippen LogP contribution in [0.1, 0.15) is 18.2 Å². The van der Waals surface area contributed by atoms with Crippen LogP contribution < -0.4 is 0 Å². The van der Waals surface area contributed by atoms with Crippen molar-refractivity contribution >= 4 is 5.97 Å². The van der Waals surface area contributed by atoms with Crippen molar-refractivity contribution in [2.75, 3.05) is 0 Å². The molecule has 1 N–H and O–H groups in total. The van der Waals surface area contributed by atoms with Crippen LogP contribution in [0.25, 0.3) is 0 Å². The predicted molar refractivity (Wildman–Crippen MR) is 59.9 cm³/mol. The molecule has 0 saturated heterocycles. The number of hydrogen-bond acceptors (Lipinski definition) is 3. The molecule has 0 amide bonds. The van der Waals surface area contributed by atoms with Gasteiger partial charge in [0.2, 0.25) is 0 Å². The Hall–Kier alpha value is -1.68. The van der Waals surface area contributed by atoms with Crippen LogP contribution in [-0.2, 0) is 9.53 Å². The number of aliphatic hydroxyl groups excluding tert-OH is 1. The fraction of sp³-hybridized carbons (Fsp3) is 0.308. The summed E-state index contributed by atoms with van der Waals surface area (Å²) in [5.74, 6) is -0.541. The summed E-state index contributed by atoms with van der Waals surface area (Å²) in [5, 5.41) is 9.83. The van der Waals surface area contributed by atoms with Crippen molar-refractivity contribution in [1.82, 2.24) is 0 Å². The minimum absolute atomic E-state index is 0.333. The third-order valence-electron chi connectivity index (χ3n) is 2.69. The lowest BCUT2D eigenvalue weighted by molar-refractivity contribution is -0.153. The molecular weight excluding hydrogens is 223 g/mol. The average Bonchev–Trinajstić information content (AvgIpc) is 2.38. The Labute approximate surface area is 98.5 Å². The van der Waals surface area contributed by atoms with Gasteiger partial charge in [0, 0.05) is 12.5 Å². The summed E-state index contributed by atoms with van der Waals surface area (Å²) in [6.07, 6.45) is -0.522. The Morgan fingerprint density at radius 3 is 2.71 bits per heavy atom. The van der Waals surface area contributed by atoms with Crippen LogP contribution in [0.2, 0.25) is 0 Å². The molecular formula is C13H13FO3. The van der Waals surface area contributed by atoms with E-state index < -0.39 is 24.3 Å². The van der Waals surface area contributed by atoms with Crippen LogP contribution >= 0.6 is 0 Å². The average molecular weight is 236 g/mol. The first-order valence-corrected chi connectivity index (χ1v) is 5.42. The number of rotatable bonds is 3. The lowest BCUT2D eigenvalue weighted by Crippen LogP contribution is -2.35. The monoisotopic (exact) mass is 236 g/mol. The van der Waals surface area contributed by atoms with Gasteiger partial charge in [-0.1, -0.05) is 36.4 Å². The highest BCUT2D eigenvalue weighted by molar-refractivity contribution is 5.82. The van der Waals surface area contributed by atoms with E-state index in [2.05, 4.69) is 0 Å². The van der Waals surface area contributed by atoms with Crippen LogP contribution in [0.5, 0.6) is 0 Å². The van der Waals surface area contributed by atoms with Gasteiger partial charge in [-0.2, -0.15) is 0 Å². The fourth-order valence-electron chi connectivity index (χ4n) is 1.77. The molecule has 0 bridgehead atoms. The Morgan fingerprint density at radius 1 is 1.35 bits per heavy atom. The molecule has 17 heavy (non-hydrogen) atoms. The lowest BCUT2D eigenvalue weighted by Gasteiger charge is -2.26. The summed E-state index contributed by atoms with van der Waals surface area (Å²) in [5.41, 5.74) is 0.380. The molecule has 4 heteroatoms. The second kappa shape index (κ2) is 5.10. The largest absolute Gasteiger partial charge is 0.456 e. The number of aliphatic hydroxyl groups is 1. The van der Waals surface area contributed by atoms with Crippen molar-refractivity contribution in [3.05, 3.63) is 48.0 Å². The summed E-state index contributed by atoms with van der Waals surface area (Å²) in [6, 6.07) is 8.34. The Morgan fingerprint density at radius 2 is 2.06 bits per heavy atom. The van der Waals surface area contributed by atoms with E-state index in [1.54, 1.807) is 36.4 Å². The zero-order valence-corrected chi connectivity index (χ0v) is 9.12. The molecule has 0 radical (unpaired) electrons. The molecule has 0 spiro atoms. The van der Waals surface area contributed by atoms with Gasteiger partial charge >= 0.3 is 5.97 Å². The molecule has 0 aromatic heterocycles. The van der Waals surface area contributed by atoms with E-state index in [1.165, 1.54) is 6.08 Å². The third kappa shape index (κ3) is 2.71. The van der Waals surface area contributed by atoms with Crippen molar-refractivity contribution < 1.29 is 19.0 Å². The van der Waals surface area contributed by atoms with Crippen molar-refractivity contribution in [3.8, 4) is 0 Å². The highest BCUT2D eigenvalue weighted by atomic mass is 19.1. The van der Waals surface area contributed by atoms with Crippen molar-refractivity contribution in [2.24, 2.45) is 0 Å². The number of benzene rings is 1. The van der Waals surface area contributed by atoms with Gasteiger partial charge in [0.05, 0.1) is 0 Å². The number of ether oxygens (including phenoxy) is 1. The number of alkyl halides is 1. The van der Waals surface area contributed by atoms with Crippen LogP contribution in [0.3, 0.4) is 0 Å². The Balaban J connectivity index is 2.07. The topological polar surface area (TPSA) is 46.5 Å². The maximum absolute atomic E-state index is 14.0. The molecule has 2 rings (SSSR count). The summed E-state index contributed by atoms with van der Waals surface area (Å²) in [7, 11) is 0. The molecule has 0 saturated carbocycles. The van der Waals surface area contributed by atoms with Gasteiger partial charge in [-0.05, 0) is 5.56 Å². The Bertz CT molecular complexity index is 416. The lowest BCUT2D eigenvalue weighted by atomic mass is 9.99. The van der Waals surface area contributed by atoms with Gasteiger partial charge in [0.15, 0.2) is 6.17 Å². The number of esters is 1. The first kappa shape index (κ1) is 11.8. The summed E-state index contributed by atoms with van der Waals surface area (Å²) < 4.78 is 18.8. The maximum Gasteiger partial charge on any atom is 0.330 e. The molecule has 1 aromatic rings. The van der Waals surface area contributed by atoms with E-state index in [0.29, 0.717) is 12.0 Å². The molecule has 0 fully saturated rings. The van der Waals surface area contributed by atoms with E-state index in [1.807, 2.05) is 0 Å². The quantitative estimate of drug-likeness (QED) is 0.816. The van der Waals surface area contributed by atoms with E-state index in [-0.39, 0.29) is 0 Å². The number of hydrogen-bond donors (Lipinski definition) is 1. The minimum Gasteiger partial charge on any atom is -0.456 e. The minimum atomic E-state index is -1.56. The summed E-state index contributed by atoms with van der Waals surface area (Å²) in [4.78, 5) is 11.0. The highest BCUT2D eigenvalue weighted by Crippen LogP contribution is 2.26. The predicted octanol–water partition coefficient (Wildman–Crippen LogP) is 1.93. The van der Waals surface area contributed by atoms with E-state index >= 15 is 0 Å². The van der Waals surface area contributed by atoms with Crippen LogP contribution in [0.15, 0.2) is 42.5 Å². The van der Waals surface area contributed by atoms with Crippen molar-refractivity contribution in [3.63, 3.8) is 0 Å². The molecule has 1 heterocycles. The van der Waals surface area contributed by atoms with Gasteiger partial charge in [0.1, 0.15) is 12.2 Å². The molecule has 3 atom stereocenters. The molecule has 0 aliphatic carbocycles. The van der Waals surface area contributed by atoms with E-state index in [0.717, 1.165) is 0 Å².